The molecule has 1 aromatic carbocycles. The molecule has 0 bridgehead atoms. The maximum atomic E-state index is 12.4. The minimum absolute atomic E-state index is 0.136. The van der Waals surface area contributed by atoms with Crippen molar-refractivity contribution in [3.8, 4) is 0 Å². The highest BCUT2D eigenvalue weighted by atomic mass is 35.5. The lowest BCUT2D eigenvalue weighted by molar-refractivity contribution is -0.118. The second-order valence-corrected chi connectivity index (χ2v) is 5.91. The lowest BCUT2D eigenvalue weighted by Gasteiger charge is -2.17. The summed E-state index contributed by atoms with van der Waals surface area (Å²) in [4.78, 5) is 30.0. The Morgan fingerprint density at radius 1 is 1.38 bits per heavy atom. The highest BCUT2D eigenvalue weighted by molar-refractivity contribution is 6.30. The average Bonchev–Trinajstić information content (AvgIpc) is 3.13. The van der Waals surface area contributed by atoms with Crippen LogP contribution in [0.2, 0.25) is 5.02 Å². The number of anilines is 1. The zero-order chi connectivity index (χ0) is 17.1. The fourth-order valence-corrected chi connectivity index (χ4v) is 2.65. The highest BCUT2D eigenvalue weighted by Gasteiger charge is 2.33. The third-order valence-corrected chi connectivity index (χ3v) is 3.96. The van der Waals surface area contributed by atoms with Crippen LogP contribution in [0, 0.1) is 0 Å². The summed E-state index contributed by atoms with van der Waals surface area (Å²) in [5.74, 6) is 0.372. The molecule has 1 aliphatic heterocycles. The lowest BCUT2D eigenvalue weighted by Crippen LogP contribution is -2.46. The molecule has 8 nitrogen and oxygen atoms in total. The quantitative estimate of drug-likeness (QED) is 0.864. The molecule has 2 heterocycles. The summed E-state index contributed by atoms with van der Waals surface area (Å²) >= 11 is 5.86. The van der Waals surface area contributed by atoms with Gasteiger partial charge in [-0.3, -0.25) is 9.48 Å². The van der Waals surface area contributed by atoms with Crippen molar-refractivity contribution in [1.29, 1.82) is 0 Å². The molecule has 3 rings (SSSR count). The summed E-state index contributed by atoms with van der Waals surface area (Å²) < 4.78 is 1.55. The lowest BCUT2D eigenvalue weighted by atomic mass is 10.2. The molecule has 0 saturated carbocycles. The highest BCUT2D eigenvalue weighted by Crippen LogP contribution is 2.23. The Balaban J connectivity index is 1.53. The molecular formula is C15H17ClN6O2. The maximum Gasteiger partial charge on any atom is 0.315 e. The van der Waals surface area contributed by atoms with Crippen LogP contribution in [0.1, 0.15) is 12.2 Å². The van der Waals surface area contributed by atoms with Gasteiger partial charge in [0.05, 0.1) is 6.54 Å². The Labute approximate surface area is 143 Å². The molecule has 0 unspecified atom stereocenters. The van der Waals surface area contributed by atoms with Gasteiger partial charge in [0, 0.05) is 24.3 Å². The van der Waals surface area contributed by atoms with Gasteiger partial charge in [-0.2, -0.15) is 5.10 Å². The molecule has 0 aliphatic carbocycles. The molecule has 1 aromatic heterocycles. The van der Waals surface area contributed by atoms with E-state index in [9.17, 15) is 9.59 Å². The van der Waals surface area contributed by atoms with Crippen molar-refractivity contribution in [3.05, 3.63) is 41.4 Å². The number of aromatic nitrogens is 3. The fraction of sp³-hybridized carbons (Fsp3) is 0.333. The van der Waals surface area contributed by atoms with E-state index in [1.54, 1.807) is 47.2 Å². The van der Waals surface area contributed by atoms with Crippen molar-refractivity contribution in [2.75, 3.05) is 11.4 Å². The van der Waals surface area contributed by atoms with Crippen LogP contribution in [0.4, 0.5) is 10.5 Å². The number of carbonyl (C=O) groups excluding carboxylic acids is 2. The van der Waals surface area contributed by atoms with Crippen molar-refractivity contribution in [2.24, 2.45) is 7.05 Å². The van der Waals surface area contributed by atoms with Crippen LogP contribution in [0.15, 0.2) is 30.6 Å². The van der Waals surface area contributed by atoms with Crippen molar-refractivity contribution in [3.63, 3.8) is 0 Å². The topological polar surface area (TPSA) is 92.2 Å². The summed E-state index contributed by atoms with van der Waals surface area (Å²) in [5.41, 5.74) is 0.770. The SMILES string of the molecule is Cn1cnc(CNC(=O)N[C@@H]2CCN(c3ccc(Cl)cc3)C2=O)n1. The van der Waals surface area contributed by atoms with Gasteiger partial charge in [0.25, 0.3) is 0 Å². The van der Waals surface area contributed by atoms with E-state index in [2.05, 4.69) is 20.7 Å². The second kappa shape index (κ2) is 6.88. The molecule has 1 fully saturated rings. The minimum Gasteiger partial charge on any atom is -0.331 e. The number of carbonyl (C=O) groups is 2. The van der Waals surface area contributed by atoms with Crippen LogP contribution >= 0.6 is 11.6 Å². The number of hydrogen-bond acceptors (Lipinski definition) is 4. The summed E-state index contributed by atoms with van der Waals surface area (Å²) in [7, 11) is 1.75. The van der Waals surface area contributed by atoms with Crippen molar-refractivity contribution in [2.45, 2.75) is 19.0 Å². The number of rotatable bonds is 4. The van der Waals surface area contributed by atoms with Crippen LogP contribution in [0.25, 0.3) is 0 Å². The van der Waals surface area contributed by atoms with Crippen LogP contribution < -0.4 is 15.5 Å². The van der Waals surface area contributed by atoms with Gasteiger partial charge in [0.1, 0.15) is 12.4 Å². The predicted octanol–water partition coefficient (Wildman–Crippen LogP) is 1.07. The van der Waals surface area contributed by atoms with Gasteiger partial charge in [-0.05, 0) is 30.7 Å². The number of aryl methyl sites for hydroxylation is 1. The largest absolute Gasteiger partial charge is 0.331 e. The van der Waals surface area contributed by atoms with Crippen LogP contribution in [-0.4, -0.2) is 39.3 Å². The van der Waals surface area contributed by atoms with Gasteiger partial charge in [-0.15, -0.1) is 0 Å². The molecule has 0 radical (unpaired) electrons. The third-order valence-electron chi connectivity index (χ3n) is 3.70. The normalized spacial score (nSPS) is 17.2. The molecule has 9 heteroatoms. The van der Waals surface area contributed by atoms with E-state index in [1.165, 1.54) is 0 Å². The van der Waals surface area contributed by atoms with Crippen LogP contribution in [0.3, 0.4) is 0 Å². The van der Waals surface area contributed by atoms with E-state index < -0.39 is 12.1 Å². The van der Waals surface area contributed by atoms with Gasteiger partial charge >= 0.3 is 6.03 Å². The van der Waals surface area contributed by atoms with Crippen molar-refractivity contribution in [1.82, 2.24) is 25.4 Å². The first kappa shape index (κ1) is 16.3. The Bertz CT molecular complexity index is 745. The van der Waals surface area contributed by atoms with E-state index in [4.69, 9.17) is 11.6 Å². The van der Waals surface area contributed by atoms with E-state index in [0.717, 1.165) is 5.69 Å². The van der Waals surface area contributed by atoms with E-state index in [0.29, 0.717) is 23.8 Å². The maximum absolute atomic E-state index is 12.4. The van der Waals surface area contributed by atoms with Gasteiger partial charge in [0.15, 0.2) is 5.82 Å². The van der Waals surface area contributed by atoms with Crippen LogP contribution in [-0.2, 0) is 18.4 Å². The standard InChI is InChI=1S/C15H17ClN6O2/c1-21-9-18-13(20-21)8-17-15(24)19-12-6-7-22(14(12)23)11-4-2-10(16)3-5-11/h2-5,9,12H,6-8H2,1H3,(H2,17,19,24)/t12-/m1/s1. The number of urea groups is 1. The Morgan fingerprint density at radius 2 is 2.12 bits per heavy atom. The first-order valence-electron chi connectivity index (χ1n) is 7.49. The number of hydrogen-bond donors (Lipinski definition) is 2. The Morgan fingerprint density at radius 3 is 2.79 bits per heavy atom. The van der Waals surface area contributed by atoms with Gasteiger partial charge in [0.2, 0.25) is 5.91 Å². The van der Waals surface area contributed by atoms with E-state index >= 15 is 0 Å². The van der Waals surface area contributed by atoms with Gasteiger partial charge in [-0.25, -0.2) is 9.78 Å². The summed E-state index contributed by atoms with van der Waals surface area (Å²) in [5, 5.41) is 10.0. The summed E-state index contributed by atoms with van der Waals surface area (Å²) in [6, 6.07) is 6.08. The minimum atomic E-state index is -0.544. The van der Waals surface area contributed by atoms with Gasteiger partial charge in [-0.1, -0.05) is 11.6 Å². The molecular weight excluding hydrogens is 332 g/mol. The second-order valence-electron chi connectivity index (χ2n) is 5.47. The van der Waals surface area contributed by atoms with Crippen molar-refractivity contribution < 1.29 is 9.59 Å². The first-order chi connectivity index (χ1) is 11.5. The molecule has 3 amide bonds. The predicted molar refractivity (Wildman–Crippen MR) is 88.6 cm³/mol. The molecule has 126 valence electrons. The van der Waals surface area contributed by atoms with Gasteiger partial charge < -0.3 is 15.5 Å². The molecule has 0 spiro atoms. The first-order valence-corrected chi connectivity index (χ1v) is 7.86. The molecule has 24 heavy (non-hydrogen) atoms. The van der Waals surface area contributed by atoms with E-state index in [1.807, 2.05) is 0 Å². The van der Waals surface area contributed by atoms with E-state index in [-0.39, 0.29) is 12.5 Å². The molecule has 1 atom stereocenters. The Hall–Kier alpha value is -2.61. The number of halogens is 1. The number of benzene rings is 1. The summed E-state index contributed by atoms with van der Waals surface area (Å²) in [6.45, 7) is 0.752. The zero-order valence-corrected chi connectivity index (χ0v) is 13.8. The number of amides is 3. The number of nitrogens with zero attached hydrogens (tertiary/aromatic N) is 4. The summed E-state index contributed by atoms with van der Waals surface area (Å²) in [6.07, 6.45) is 2.11. The fourth-order valence-electron chi connectivity index (χ4n) is 2.52. The average molecular weight is 349 g/mol. The number of nitrogens with one attached hydrogen (secondary N) is 2. The molecule has 1 aliphatic rings. The zero-order valence-electron chi connectivity index (χ0n) is 13.1. The molecule has 2 aromatic rings. The third kappa shape index (κ3) is 3.65. The smallest absolute Gasteiger partial charge is 0.315 e. The van der Waals surface area contributed by atoms with Crippen molar-refractivity contribution >= 4 is 29.2 Å². The monoisotopic (exact) mass is 348 g/mol. The molecule has 1 saturated heterocycles. The molecule has 2 N–H and O–H groups in total. The Kier molecular flexibility index (Phi) is 4.66. The van der Waals surface area contributed by atoms with Crippen LogP contribution in [0.5, 0.6) is 0 Å².